The molecule has 1 aliphatic heterocycles. The molecular weight excluding hydrogens is 257 g/mol. The first-order chi connectivity index (χ1) is 8.43. The molecule has 0 amide bonds. The third-order valence-corrected chi connectivity index (χ3v) is 5.00. The Morgan fingerprint density at radius 2 is 2.17 bits per heavy atom. The molecule has 0 aliphatic carbocycles. The number of pyridine rings is 1. The summed E-state index contributed by atoms with van der Waals surface area (Å²) in [5.74, 6) is -0.802. The Bertz CT molecular complexity index is 535. The van der Waals surface area contributed by atoms with Crippen molar-refractivity contribution in [3.63, 3.8) is 0 Å². The van der Waals surface area contributed by atoms with E-state index in [2.05, 4.69) is 4.98 Å². The van der Waals surface area contributed by atoms with Gasteiger partial charge in [0.25, 0.3) is 10.0 Å². The van der Waals surface area contributed by atoms with Crippen LogP contribution in [0.1, 0.15) is 6.92 Å². The van der Waals surface area contributed by atoms with E-state index in [4.69, 9.17) is 0 Å². The van der Waals surface area contributed by atoms with Crippen molar-refractivity contribution < 1.29 is 12.8 Å². The fraction of sp³-hybridized carbons (Fsp3) is 0.545. The third-order valence-electron chi connectivity index (χ3n) is 3.05. The summed E-state index contributed by atoms with van der Waals surface area (Å²) in [5, 5.41) is -0.485. The highest BCUT2D eigenvalue weighted by atomic mass is 32.2. The normalized spacial score (nSPS) is 23.2. The Balaban J connectivity index is 2.35. The Kier molecular flexibility index (Phi) is 3.65. The van der Waals surface area contributed by atoms with Crippen molar-refractivity contribution in [3.8, 4) is 0 Å². The first kappa shape index (κ1) is 13.4. The van der Waals surface area contributed by atoms with Crippen molar-refractivity contribution >= 4 is 10.0 Å². The summed E-state index contributed by atoms with van der Waals surface area (Å²) in [6.45, 7) is 3.44. The zero-order valence-electron chi connectivity index (χ0n) is 10.4. The molecule has 0 aromatic carbocycles. The maximum Gasteiger partial charge on any atom is 0.263 e. The lowest BCUT2D eigenvalue weighted by molar-refractivity contribution is 0.170. The van der Waals surface area contributed by atoms with Gasteiger partial charge in [-0.15, -0.1) is 0 Å². The fourth-order valence-corrected chi connectivity index (χ4v) is 3.75. The zero-order chi connectivity index (χ0) is 13.3. The summed E-state index contributed by atoms with van der Waals surface area (Å²) >= 11 is 0. The molecule has 18 heavy (non-hydrogen) atoms. The summed E-state index contributed by atoms with van der Waals surface area (Å²) in [6.07, 6.45) is 1.29. The maximum atomic E-state index is 13.6. The number of sulfonamides is 1. The highest BCUT2D eigenvalue weighted by Crippen LogP contribution is 2.21. The molecule has 1 atom stereocenters. The van der Waals surface area contributed by atoms with Crippen molar-refractivity contribution in [2.75, 3.05) is 26.7 Å². The molecule has 1 saturated heterocycles. The maximum absolute atomic E-state index is 13.6. The van der Waals surface area contributed by atoms with Crippen LogP contribution in [0.3, 0.4) is 0 Å². The Hall–Kier alpha value is -1.05. The van der Waals surface area contributed by atoms with E-state index in [-0.39, 0.29) is 6.04 Å². The van der Waals surface area contributed by atoms with Gasteiger partial charge in [-0.05, 0) is 26.1 Å². The lowest BCUT2D eigenvalue weighted by Gasteiger charge is -2.36. The van der Waals surface area contributed by atoms with E-state index >= 15 is 0 Å². The van der Waals surface area contributed by atoms with Crippen molar-refractivity contribution in [1.29, 1.82) is 0 Å². The standard InChI is InChI=1S/C11H16FN3O2S/c1-9-8-14(2)6-7-15(9)18(16,17)11-10(12)4-3-5-13-11/h3-5,9H,6-8H2,1-2H3. The van der Waals surface area contributed by atoms with Crippen LogP contribution in [-0.2, 0) is 10.0 Å². The molecule has 5 nitrogen and oxygen atoms in total. The van der Waals surface area contributed by atoms with Crippen molar-refractivity contribution in [3.05, 3.63) is 24.1 Å². The summed E-state index contributed by atoms with van der Waals surface area (Å²) < 4.78 is 39.5. The second-order valence-electron chi connectivity index (χ2n) is 4.52. The fourth-order valence-electron chi connectivity index (χ4n) is 2.15. The van der Waals surface area contributed by atoms with Crippen LogP contribution in [0, 0.1) is 5.82 Å². The highest BCUT2D eigenvalue weighted by Gasteiger charge is 2.35. The second-order valence-corrected chi connectivity index (χ2v) is 6.32. The van der Waals surface area contributed by atoms with E-state index < -0.39 is 20.9 Å². The number of aromatic nitrogens is 1. The summed E-state index contributed by atoms with van der Waals surface area (Å²) in [5.41, 5.74) is 0. The Labute approximate surface area is 106 Å². The number of nitrogens with zero attached hydrogens (tertiary/aromatic N) is 3. The van der Waals surface area contributed by atoms with Crippen LogP contribution in [-0.4, -0.2) is 55.3 Å². The summed E-state index contributed by atoms with van der Waals surface area (Å²) in [7, 11) is -1.91. The molecular formula is C11H16FN3O2S. The average Bonchev–Trinajstić information content (AvgIpc) is 2.28. The highest BCUT2D eigenvalue weighted by molar-refractivity contribution is 7.89. The molecule has 1 unspecified atom stereocenters. The molecule has 1 aromatic rings. The lowest BCUT2D eigenvalue weighted by atomic mass is 10.2. The average molecular weight is 273 g/mol. The van der Waals surface area contributed by atoms with Gasteiger partial charge in [-0.1, -0.05) is 0 Å². The Morgan fingerprint density at radius 3 is 2.78 bits per heavy atom. The van der Waals surface area contributed by atoms with Crippen LogP contribution in [0.4, 0.5) is 4.39 Å². The molecule has 2 rings (SSSR count). The molecule has 0 spiro atoms. The van der Waals surface area contributed by atoms with Gasteiger partial charge in [-0.2, -0.15) is 4.31 Å². The summed E-state index contributed by atoms with van der Waals surface area (Å²) in [4.78, 5) is 5.71. The van der Waals surface area contributed by atoms with E-state index in [0.29, 0.717) is 19.6 Å². The van der Waals surface area contributed by atoms with Crippen LogP contribution in [0.25, 0.3) is 0 Å². The Morgan fingerprint density at radius 1 is 1.44 bits per heavy atom. The van der Waals surface area contributed by atoms with E-state index in [9.17, 15) is 12.8 Å². The van der Waals surface area contributed by atoms with E-state index in [1.807, 2.05) is 18.9 Å². The van der Waals surface area contributed by atoms with Crippen molar-refractivity contribution in [1.82, 2.24) is 14.2 Å². The van der Waals surface area contributed by atoms with Gasteiger partial charge in [0, 0.05) is 31.9 Å². The van der Waals surface area contributed by atoms with Gasteiger partial charge in [0.05, 0.1) is 0 Å². The summed E-state index contributed by atoms with van der Waals surface area (Å²) in [6, 6.07) is 2.30. The zero-order valence-corrected chi connectivity index (χ0v) is 11.2. The number of hydrogen-bond acceptors (Lipinski definition) is 4. The molecule has 1 fully saturated rings. The molecule has 1 aliphatic rings. The third kappa shape index (κ3) is 2.38. The molecule has 0 N–H and O–H groups in total. The van der Waals surface area contributed by atoms with Gasteiger partial charge >= 0.3 is 0 Å². The number of rotatable bonds is 2. The van der Waals surface area contributed by atoms with Gasteiger partial charge in [0.15, 0.2) is 5.82 Å². The molecule has 1 aromatic heterocycles. The van der Waals surface area contributed by atoms with Gasteiger partial charge < -0.3 is 4.90 Å². The van der Waals surface area contributed by atoms with E-state index in [1.165, 1.54) is 16.6 Å². The number of hydrogen-bond donors (Lipinski definition) is 0. The van der Waals surface area contributed by atoms with Crippen LogP contribution in [0.15, 0.2) is 23.4 Å². The second kappa shape index (κ2) is 4.91. The van der Waals surface area contributed by atoms with Gasteiger partial charge in [0.1, 0.15) is 0 Å². The van der Waals surface area contributed by atoms with Crippen LogP contribution in [0.5, 0.6) is 0 Å². The first-order valence-electron chi connectivity index (χ1n) is 5.74. The molecule has 2 heterocycles. The molecule has 0 radical (unpaired) electrons. The van der Waals surface area contributed by atoms with Crippen LogP contribution >= 0.6 is 0 Å². The topological polar surface area (TPSA) is 53.5 Å². The van der Waals surface area contributed by atoms with E-state index in [1.54, 1.807) is 0 Å². The minimum atomic E-state index is -3.84. The number of likely N-dealkylation sites (N-methyl/N-ethyl adjacent to an activating group) is 1. The largest absolute Gasteiger partial charge is 0.303 e. The molecule has 0 bridgehead atoms. The minimum Gasteiger partial charge on any atom is -0.303 e. The minimum absolute atomic E-state index is 0.185. The molecule has 0 saturated carbocycles. The lowest BCUT2D eigenvalue weighted by Crippen LogP contribution is -2.52. The van der Waals surface area contributed by atoms with Crippen molar-refractivity contribution in [2.24, 2.45) is 0 Å². The van der Waals surface area contributed by atoms with Crippen LogP contribution < -0.4 is 0 Å². The van der Waals surface area contributed by atoms with Crippen molar-refractivity contribution in [2.45, 2.75) is 18.0 Å². The van der Waals surface area contributed by atoms with Gasteiger partial charge in [0.2, 0.25) is 5.03 Å². The first-order valence-corrected chi connectivity index (χ1v) is 7.18. The quantitative estimate of drug-likeness (QED) is 0.789. The molecule has 100 valence electrons. The predicted octanol–water partition coefficient (Wildman–Crippen LogP) is 0.545. The van der Waals surface area contributed by atoms with Gasteiger partial charge in [-0.25, -0.2) is 17.8 Å². The smallest absolute Gasteiger partial charge is 0.263 e. The predicted molar refractivity (Wildman–Crippen MR) is 65.0 cm³/mol. The van der Waals surface area contributed by atoms with E-state index in [0.717, 1.165) is 6.07 Å². The van der Waals surface area contributed by atoms with Gasteiger partial charge in [-0.3, -0.25) is 0 Å². The number of piperazine rings is 1. The van der Waals surface area contributed by atoms with Crippen LogP contribution in [0.2, 0.25) is 0 Å². The number of halogens is 1. The SMILES string of the molecule is CC1CN(C)CCN1S(=O)(=O)c1ncccc1F. The monoisotopic (exact) mass is 273 g/mol. The molecule has 7 heteroatoms.